The second-order valence-corrected chi connectivity index (χ2v) is 5.13. The van der Waals surface area contributed by atoms with Crippen LogP contribution in [-0.2, 0) is 4.79 Å². The Morgan fingerprint density at radius 2 is 1.75 bits per heavy atom. The Morgan fingerprint density at radius 1 is 1.15 bits per heavy atom. The van der Waals surface area contributed by atoms with E-state index in [0.717, 1.165) is 4.47 Å². The summed E-state index contributed by atoms with van der Waals surface area (Å²) in [6, 6.07) is 13.7. The molecule has 0 heterocycles. The molecular weight excluding hydrogens is 322 g/mol. The highest BCUT2D eigenvalue weighted by molar-refractivity contribution is 9.10. The number of phenolic OH excluding ortho intramolecular Hbond substituents is 1. The average molecular weight is 336 g/mol. The lowest BCUT2D eigenvalue weighted by atomic mass is 10.3. The SMILES string of the molecule is CN(C(=O)COc1ccc(Br)cc1)c1ccc(O)cc1. The van der Waals surface area contributed by atoms with Crippen molar-refractivity contribution in [3.05, 3.63) is 53.0 Å². The third kappa shape index (κ3) is 3.74. The number of phenols is 1. The van der Waals surface area contributed by atoms with E-state index in [2.05, 4.69) is 15.9 Å². The number of carbonyl (C=O) groups excluding carboxylic acids is 1. The normalized spacial score (nSPS) is 10.1. The molecule has 104 valence electrons. The molecule has 2 rings (SSSR count). The number of anilines is 1. The van der Waals surface area contributed by atoms with E-state index in [-0.39, 0.29) is 18.3 Å². The molecule has 0 radical (unpaired) electrons. The summed E-state index contributed by atoms with van der Waals surface area (Å²) in [7, 11) is 1.67. The van der Waals surface area contributed by atoms with E-state index < -0.39 is 0 Å². The first kappa shape index (κ1) is 14.4. The zero-order valence-electron chi connectivity index (χ0n) is 10.9. The first-order chi connectivity index (χ1) is 9.56. The van der Waals surface area contributed by atoms with Crippen molar-refractivity contribution in [3.8, 4) is 11.5 Å². The van der Waals surface area contributed by atoms with Gasteiger partial charge in [-0.25, -0.2) is 0 Å². The summed E-state index contributed by atoms with van der Waals surface area (Å²) in [5, 5.41) is 9.22. The highest BCUT2D eigenvalue weighted by atomic mass is 79.9. The summed E-state index contributed by atoms with van der Waals surface area (Å²) in [6.07, 6.45) is 0. The van der Waals surface area contributed by atoms with Gasteiger partial charge in [0.05, 0.1) is 0 Å². The molecule has 0 saturated heterocycles. The molecule has 2 aromatic rings. The van der Waals surface area contributed by atoms with E-state index in [1.807, 2.05) is 12.1 Å². The van der Waals surface area contributed by atoms with Crippen LogP contribution in [0.1, 0.15) is 0 Å². The quantitative estimate of drug-likeness (QED) is 0.933. The van der Waals surface area contributed by atoms with Crippen LogP contribution in [0.15, 0.2) is 53.0 Å². The van der Waals surface area contributed by atoms with Crippen LogP contribution in [0.4, 0.5) is 5.69 Å². The fraction of sp³-hybridized carbons (Fsp3) is 0.133. The zero-order chi connectivity index (χ0) is 14.5. The molecule has 4 nitrogen and oxygen atoms in total. The highest BCUT2D eigenvalue weighted by Gasteiger charge is 2.11. The summed E-state index contributed by atoms with van der Waals surface area (Å²) in [6.45, 7) is -0.0426. The first-order valence-electron chi connectivity index (χ1n) is 6.00. The van der Waals surface area contributed by atoms with Crippen LogP contribution in [0.5, 0.6) is 11.5 Å². The van der Waals surface area contributed by atoms with Gasteiger partial charge in [0.2, 0.25) is 0 Å². The minimum Gasteiger partial charge on any atom is -0.508 e. The van der Waals surface area contributed by atoms with Gasteiger partial charge in [0, 0.05) is 17.2 Å². The molecule has 1 N–H and O–H groups in total. The Morgan fingerprint density at radius 3 is 2.35 bits per heavy atom. The van der Waals surface area contributed by atoms with Crippen LogP contribution >= 0.6 is 15.9 Å². The van der Waals surface area contributed by atoms with Crippen LogP contribution in [-0.4, -0.2) is 24.7 Å². The zero-order valence-corrected chi connectivity index (χ0v) is 12.5. The Labute approximate surface area is 125 Å². The number of benzene rings is 2. The van der Waals surface area contributed by atoms with Crippen molar-refractivity contribution in [2.75, 3.05) is 18.6 Å². The highest BCUT2D eigenvalue weighted by Crippen LogP contribution is 2.18. The second kappa shape index (κ2) is 6.43. The number of rotatable bonds is 4. The summed E-state index contributed by atoms with van der Waals surface area (Å²) in [5.41, 5.74) is 0.701. The van der Waals surface area contributed by atoms with E-state index >= 15 is 0 Å². The molecule has 0 saturated carbocycles. The largest absolute Gasteiger partial charge is 0.508 e. The summed E-state index contributed by atoms with van der Waals surface area (Å²) < 4.78 is 6.38. The van der Waals surface area contributed by atoms with Crippen LogP contribution < -0.4 is 9.64 Å². The minimum absolute atomic E-state index is 0.0426. The number of amides is 1. The van der Waals surface area contributed by atoms with E-state index in [1.165, 1.54) is 17.0 Å². The fourth-order valence-electron chi connectivity index (χ4n) is 1.59. The van der Waals surface area contributed by atoms with Crippen LogP contribution in [0.25, 0.3) is 0 Å². The van der Waals surface area contributed by atoms with Gasteiger partial charge in [0.25, 0.3) is 5.91 Å². The summed E-state index contributed by atoms with van der Waals surface area (Å²) >= 11 is 3.33. The maximum Gasteiger partial charge on any atom is 0.264 e. The molecular formula is C15H14BrNO3. The van der Waals surface area contributed by atoms with E-state index in [9.17, 15) is 9.90 Å². The maximum absolute atomic E-state index is 12.0. The van der Waals surface area contributed by atoms with E-state index in [0.29, 0.717) is 11.4 Å². The fourth-order valence-corrected chi connectivity index (χ4v) is 1.86. The lowest BCUT2D eigenvalue weighted by molar-refractivity contribution is -0.120. The van der Waals surface area contributed by atoms with Crippen molar-refractivity contribution in [3.63, 3.8) is 0 Å². The van der Waals surface area contributed by atoms with Crippen molar-refractivity contribution < 1.29 is 14.6 Å². The average Bonchev–Trinajstić information content (AvgIpc) is 2.46. The second-order valence-electron chi connectivity index (χ2n) is 4.21. The third-order valence-corrected chi connectivity index (χ3v) is 3.32. The lowest BCUT2D eigenvalue weighted by Crippen LogP contribution is -2.31. The monoisotopic (exact) mass is 335 g/mol. The number of aromatic hydroxyl groups is 1. The van der Waals surface area contributed by atoms with Crippen LogP contribution in [0.2, 0.25) is 0 Å². The smallest absolute Gasteiger partial charge is 0.264 e. The molecule has 0 spiro atoms. The standard InChI is InChI=1S/C15H14BrNO3/c1-17(12-4-6-13(18)7-5-12)15(19)10-20-14-8-2-11(16)3-9-14/h2-9,18H,10H2,1H3. The maximum atomic E-state index is 12.0. The molecule has 0 aliphatic heterocycles. The number of carbonyl (C=O) groups is 1. The van der Waals surface area contributed by atoms with Gasteiger partial charge in [-0.1, -0.05) is 15.9 Å². The van der Waals surface area contributed by atoms with Gasteiger partial charge in [-0.2, -0.15) is 0 Å². The van der Waals surface area contributed by atoms with E-state index in [1.54, 1.807) is 31.3 Å². The molecule has 2 aromatic carbocycles. The predicted molar refractivity (Wildman–Crippen MR) is 81.2 cm³/mol. The van der Waals surface area contributed by atoms with Gasteiger partial charge in [0.15, 0.2) is 6.61 Å². The van der Waals surface area contributed by atoms with E-state index in [4.69, 9.17) is 4.74 Å². The number of halogens is 1. The van der Waals surface area contributed by atoms with Crippen molar-refractivity contribution in [2.24, 2.45) is 0 Å². The van der Waals surface area contributed by atoms with Gasteiger partial charge in [-0.3, -0.25) is 4.79 Å². The Balaban J connectivity index is 1.94. The van der Waals surface area contributed by atoms with Gasteiger partial charge >= 0.3 is 0 Å². The molecule has 5 heteroatoms. The van der Waals surface area contributed by atoms with Gasteiger partial charge in [-0.15, -0.1) is 0 Å². The molecule has 0 aromatic heterocycles. The minimum atomic E-state index is -0.168. The molecule has 0 aliphatic rings. The van der Waals surface area contributed by atoms with Crippen molar-refractivity contribution in [1.82, 2.24) is 0 Å². The molecule has 0 bridgehead atoms. The Hall–Kier alpha value is -2.01. The summed E-state index contributed by atoms with van der Waals surface area (Å²) in [4.78, 5) is 13.5. The first-order valence-corrected chi connectivity index (χ1v) is 6.79. The van der Waals surface area contributed by atoms with Crippen LogP contribution in [0, 0.1) is 0 Å². The molecule has 0 atom stereocenters. The Bertz CT molecular complexity index is 581. The Kier molecular flexibility index (Phi) is 4.63. The van der Waals surface area contributed by atoms with Crippen LogP contribution in [0.3, 0.4) is 0 Å². The molecule has 0 unspecified atom stereocenters. The van der Waals surface area contributed by atoms with Crippen molar-refractivity contribution >= 4 is 27.5 Å². The van der Waals surface area contributed by atoms with Gasteiger partial charge in [0.1, 0.15) is 11.5 Å². The predicted octanol–water partition coefficient (Wildman–Crippen LogP) is 3.20. The van der Waals surface area contributed by atoms with Crippen molar-refractivity contribution in [2.45, 2.75) is 0 Å². The van der Waals surface area contributed by atoms with Crippen molar-refractivity contribution in [1.29, 1.82) is 0 Å². The van der Waals surface area contributed by atoms with Gasteiger partial charge < -0.3 is 14.7 Å². The number of hydrogen-bond donors (Lipinski definition) is 1. The number of likely N-dealkylation sites (N-methyl/N-ethyl adjacent to an activating group) is 1. The lowest BCUT2D eigenvalue weighted by Gasteiger charge is -2.17. The number of hydrogen-bond acceptors (Lipinski definition) is 3. The molecule has 0 aliphatic carbocycles. The topological polar surface area (TPSA) is 49.8 Å². The summed E-state index contributed by atoms with van der Waals surface area (Å²) in [5.74, 6) is 0.639. The van der Waals surface area contributed by atoms with Gasteiger partial charge in [-0.05, 0) is 48.5 Å². The molecule has 1 amide bonds. The number of ether oxygens (including phenoxy) is 1. The molecule has 20 heavy (non-hydrogen) atoms. The number of nitrogens with zero attached hydrogens (tertiary/aromatic N) is 1. The molecule has 0 fully saturated rings. The third-order valence-electron chi connectivity index (χ3n) is 2.79.